The standard InChI is InChI=1S/C23H26N2O3/c1-17-22(15-25-13-6-5-9-19(25)16-26)24-23(27-17)18-8-7-12-21(14-18)28-20-10-3-2-4-11-20/h2-4,7-8,10-12,14,19,26H,5-6,9,13,15-16H2,1H3/t19-/m1/s1. The number of hydrogen-bond donors (Lipinski definition) is 1. The molecule has 2 aromatic carbocycles. The van der Waals surface area contributed by atoms with E-state index in [2.05, 4.69) is 4.90 Å². The molecule has 1 N–H and O–H groups in total. The van der Waals surface area contributed by atoms with Crippen LogP contribution in [0.4, 0.5) is 0 Å². The van der Waals surface area contributed by atoms with E-state index in [1.165, 1.54) is 12.8 Å². The molecule has 1 fully saturated rings. The molecule has 0 bridgehead atoms. The maximum absolute atomic E-state index is 9.64. The van der Waals surface area contributed by atoms with Gasteiger partial charge in [-0.2, -0.15) is 0 Å². The summed E-state index contributed by atoms with van der Waals surface area (Å²) < 4.78 is 11.9. The van der Waals surface area contributed by atoms with Gasteiger partial charge in [-0.05, 0) is 56.6 Å². The molecule has 1 atom stereocenters. The van der Waals surface area contributed by atoms with Crippen LogP contribution in [0.1, 0.15) is 30.7 Å². The molecule has 0 amide bonds. The first-order valence-electron chi connectivity index (χ1n) is 9.87. The Morgan fingerprint density at radius 1 is 1.11 bits per heavy atom. The Bertz CT molecular complexity index is 907. The van der Waals surface area contributed by atoms with Gasteiger partial charge in [0.05, 0.1) is 12.3 Å². The van der Waals surface area contributed by atoms with E-state index in [9.17, 15) is 5.11 Å². The molecule has 0 spiro atoms. The van der Waals surface area contributed by atoms with Crippen molar-refractivity contribution < 1.29 is 14.3 Å². The monoisotopic (exact) mass is 378 g/mol. The van der Waals surface area contributed by atoms with Crippen LogP contribution >= 0.6 is 0 Å². The lowest BCUT2D eigenvalue weighted by atomic mass is 10.0. The fourth-order valence-corrected chi connectivity index (χ4v) is 3.68. The predicted octanol–water partition coefficient (Wildman–Crippen LogP) is 4.79. The van der Waals surface area contributed by atoms with Crippen molar-refractivity contribution in [3.63, 3.8) is 0 Å². The van der Waals surface area contributed by atoms with E-state index in [1.807, 2.05) is 61.5 Å². The average Bonchev–Trinajstić information content (AvgIpc) is 3.10. The Morgan fingerprint density at radius 2 is 1.93 bits per heavy atom. The van der Waals surface area contributed by atoms with E-state index in [1.54, 1.807) is 0 Å². The third-order valence-corrected chi connectivity index (χ3v) is 5.27. The number of aryl methyl sites for hydroxylation is 1. The zero-order valence-corrected chi connectivity index (χ0v) is 16.2. The Balaban J connectivity index is 1.52. The number of nitrogens with zero attached hydrogens (tertiary/aromatic N) is 2. The number of likely N-dealkylation sites (tertiary alicyclic amines) is 1. The van der Waals surface area contributed by atoms with Gasteiger partial charge in [0.2, 0.25) is 5.89 Å². The lowest BCUT2D eigenvalue weighted by molar-refractivity contribution is 0.0828. The summed E-state index contributed by atoms with van der Waals surface area (Å²) in [6.45, 7) is 3.85. The van der Waals surface area contributed by atoms with E-state index in [0.29, 0.717) is 12.4 Å². The fraction of sp³-hybridized carbons (Fsp3) is 0.348. The largest absolute Gasteiger partial charge is 0.457 e. The molecule has 0 aliphatic carbocycles. The van der Waals surface area contributed by atoms with Gasteiger partial charge in [0, 0.05) is 18.2 Å². The van der Waals surface area contributed by atoms with Crippen LogP contribution in [0.15, 0.2) is 59.0 Å². The predicted molar refractivity (Wildman–Crippen MR) is 108 cm³/mol. The van der Waals surface area contributed by atoms with E-state index in [-0.39, 0.29) is 12.6 Å². The first kappa shape index (κ1) is 18.7. The van der Waals surface area contributed by atoms with Crippen molar-refractivity contribution in [3.8, 4) is 23.0 Å². The van der Waals surface area contributed by atoms with Crippen LogP contribution in [0.2, 0.25) is 0 Å². The smallest absolute Gasteiger partial charge is 0.226 e. The minimum Gasteiger partial charge on any atom is -0.457 e. The molecule has 5 heteroatoms. The van der Waals surface area contributed by atoms with Crippen molar-refractivity contribution in [2.45, 2.75) is 38.8 Å². The van der Waals surface area contributed by atoms with Crippen LogP contribution < -0.4 is 4.74 Å². The second-order valence-electron chi connectivity index (χ2n) is 7.27. The zero-order chi connectivity index (χ0) is 19.3. The molecule has 1 aromatic heterocycles. The number of hydrogen-bond acceptors (Lipinski definition) is 5. The highest BCUT2D eigenvalue weighted by molar-refractivity contribution is 5.57. The summed E-state index contributed by atoms with van der Waals surface area (Å²) in [5.41, 5.74) is 1.82. The SMILES string of the molecule is Cc1oc(-c2cccc(Oc3ccccc3)c2)nc1CN1CCCC[C@@H]1CO. The van der Waals surface area contributed by atoms with E-state index < -0.39 is 0 Å². The number of benzene rings is 2. The lowest BCUT2D eigenvalue weighted by Crippen LogP contribution is -2.41. The molecule has 3 aromatic rings. The summed E-state index contributed by atoms with van der Waals surface area (Å²) >= 11 is 0. The van der Waals surface area contributed by atoms with Crippen molar-refractivity contribution in [3.05, 3.63) is 66.1 Å². The van der Waals surface area contributed by atoms with Crippen LogP contribution in [0, 0.1) is 6.92 Å². The summed E-state index contributed by atoms with van der Waals surface area (Å²) in [6, 6.07) is 17.7. The topological polar surface area (TPSA) is 58.7 Å². The Hall–Kier alpha value is -2.63. The molecule has 146 valence electrons. The van der Waals surface area contributed by atoms with E-state index >= 15 is 0 Å². The quantitative estimate of drug-likeness (QED) is 0.668. The Kier molecular flexibility index (Phi) is 5.74. The zero-order valence-electron chi connectivity index (χ0n) is 16.2. The van der Waals surface area contributed by atoms with Gasteiger partial charge < -0.3 is 14.3 Å². The first-order valence-corrected chi connectivity index (χ1v) is 9.87. The molecule has 0 unspecified atom stereocenters. The molecule has 0 saturated carbocycles. The van der Waals surface area contributed by atoms with Crippen molar-refractivity contribution in [1.82, 2.24) is 9.88 Å². The van der Waals surface area contributed by atoms with Crippen LogP contribution in [0.5, 0.6) is 11.5 Å². The summed E-state index contributed by atoms with van der Waals surface area (Å²) in [7, 11) is 0. The van der Waals surface area contributed by atoms with Gasteiger partial charge in [-0.1, -0.05) is 30.7 Å². The summed E-state index contributed by atoms with van der Waals surface area (Å²) in [5.74, 6) is 2.97. The van der Waals surface area contributed by atoms with E-state index in [0.717, 1.165) is 41.5 Å². The van der Waals surface area contributed by atoms with Crippen molar-refractivity contribution >= 4 is 0 Å². The number of aliphatic hydroxyl groups is 1. The highest BCUT2D eigenvalue weighted by Crippen LogP contribution is 2.29. The van der Waals surface area contributed by atoms with Gasteiger partial charge in [0.1, 0.15) is 17.3 Å². The van der Waals surface area contributed by atoms with Crippen molar-refractivity contribution in [2.24, 2.45) is 0 Å². The second-order valence-corrected chi connectivity index (χ2v) is 7.27. The number of piperidine rings is 1. The number of para-hydroxylation sites is 1. The Labute approximate surface area is 165 Å². The molecule has 0 radical (unpaired) electrons. The van der Waals surface area contributed by atoms with Gasteiger partial charge in [-0.15, -0.1) is 0 Å². The molecular formula is C23H26N2O3. The third-order valence-electron chi connectivity index (χ3n) is 5.27. The van der Waals surface area contributed by atoms with E-state index in [4.69, 9.17) is 14.1 Å². The molecule has 5 nitrogen and oxygen atoms in total. The van der Waals surface area contributed by atoms with Gasteiger partial charge in [0.15, 0.2) is 0 Å². The minimum atomic E-state index is 0.197. The number of ether oxygens (including phenoxy) is 1. The summed E-state index contributed by atoms with van der Waals surface area (Å²) in [6.07, 6.45) is 3.39. The van der Waals surface area contributed by atoms with Crippen LogP contribution in [0.3, 0.4) is 0 Å². The molecule has 1 saturated heterocycles. The number of aromatic nitrogens is 1. The molecular weight excluding hydrogens is 352 g/mol. The molecule has 2 heterocycles. The van der Waals surface area contributed by atoms with Crippen molar-refractivity contribution in [2.75, 3.05) is 13.2 Å². The van der Waals surface area contributed by atoms with Crippen molar-refractivity contribution in [1.29, 1.82) is 0 Å². The maximum atomic E-state index is 9.64. The first-order chi connectivity index (χ1) is 13.7. The van der Waals surface area contributed by atoms with Gasteiger partial charge in [-0.3, -0.25) is 4.90 Å². The molecule has 28 heavy (non-hydrogen) atoms. The number of aliphatic hydroxyl groups excluding tert-OH is 1. The number of oxazole rings is 1. The highest BCUT2D eigenvalue weighted by Gasteiger charge is 2.24. The fourth-order valence-electron chi connectivity index (χ4n) is 3.68. The summed E-state index contributed by atoms with van der Waals surface area (Å²) in [4.78, 5) is 7.06. The lowest BCUT2D eigenvalue weighted by Gasteiger charge is -2.33. The third kappa shape index (κ3) is 4.26. The maximum Gasteiger partial charge on any atom is 0.226 e. The number of rotatable bonds is 6. The van der Waals surface area contributed by atoms with Crippen LogP contribution in [-0.2, 0) is 6.54 Å². The normalized spacial score (nSPS) is 17.6. The average molecular weight is 378 g/mol. The van der Waals surface area contributed by atoms with Gasteiger partial charge in [0.25, 0.3) is 0 Å². The second kappa shape index (κ2) is 8.59. The summed E-state index contributed by atoms with van der Waals surface area (Å²) in [5, 5.41) is 9.64. The molecule has 1 aliphatic heterocycles. The molecule has 4 rings (SSSR count). The van der Waals surface area contributed by atoms with Crippen LogP contribution in [0.25, 0.3) is 11.5 Å². The van der Waals surface area contributed by atoms with Gasteiger partial charge >= 0.3 is 0 Å². The minimum absolute atomic E-state index is 0.197. The molecule has 1 aliphatic rings. The Morgan fingerprint density at radius 3 is 2.75 bits per heavy atom. The van der Waals surface area contributed by atoms with Crippen LogP contribution in [-0.4, -0.2) is 34.2 Å². The highest BCUT2D eigenvalue weighted by atomic mass is 16.5. The van der Waals surface area contributed by atoms with Gasteiger partial charge in [-0.25, -0.2) is 4.98 Å².